The summed E-state index contributed by atoms with van der Waals surface area (Å²) in [7, 11) is 0. The summed E-state index contributed by atoms with van der Waals surface area (Å²) in [4.78, 5) is 4.92. The van der Waals surface area contributed by atoms with E-state index in [1.165, 1.54) is 85.9 Å². The van der Waals surface area contributed by atoms with Gasteiger partial charge in [-0.2, -0.15) is 0 Å². The first kappa shape index (κ1) is 44.2. The fraction of sp³-hybridized carbons (Fsp3) is 0. The van der Waals surface area contributed by atoms with Crippen molar-refractivity contribution >= 4 is 98.0 Å². The van der Waals surface area contributed by atoms with Crippen LogP contribution in [0.4, 0.5) is 34.1 Å². The SMILES string of the molecule is c1ccc(-c2ccc(-c3ccc(N(c4ccc5ccccc5c4)c4ccccc4-c4ccccc4N(c4ccc5ccccc5c4)c4ccc(-c5cccc6sc7ccccc7c56)c5ccccc45)cc3)cc2)cc1. The van der Waals surface area contributed by atoms with E-state index in [4.69, 9.17) is 0 Å². The molecule has 0 saturated heterocycles. The Kier molecular flexibility index (Phi) is 11.1. The van der Waals surface area contributed by atoms with E-state index in [9.17, 15) is 0 Å². The molecule has 13 aromatic carbocycles. The summed E-state index contributed by atoms with van der Waals surface area (Å²) >= 11 is 1.87. The average Bonchev–Trinajstić information content (AvgIpc) is 3.88. The second-order valence-electron chi connectivity index (χ2n) is 19.2. The van der Waals surface area contributed by atoms with Crippen molar-refractivity contribution in [2.24, 2.45) is 0 Å². The molecule has 14 rings (SSSR count). The van der Waals surface area contributed by atoms with Crippen LogP contribution < -0.4 is 9.80 Å². The van der Waals surface area contributed by atoms with Gasteiger partial charge in [-0.3, -0.25) is 0 Å². The normalized spacial score (nSPS) is 11.5. The Morgan fingerprint density at radius 3 is 1.33 bits per heavy atom. The summed E-state index contributed by atoms with van der Waals surface area (Å²) in [5, 5.41) is 9.79. The number of hydrogen-bond acceptors (Lipinski definition) is 3. The molecule has 352 valence electrons. The molecule has 0 spiro atoms. The largest absolute Gasteiger partial charge is 0.310 e. The van der Waals surface area contributed by atoms with Crippen molar-refractivity contribution in [1.29, 1.82) is 0 Å². The number of benzene rings is 13. The van der Waals surface area contributed by atoms with Crippen LogP contribution in [-0.4, -0.2) is 0 Å². The maximum atomic E-state index is 2.49. The van der Waals surface area contributed by atoms with E-state index in [1.807, 2.05) is 11.3 Å². The molecule has 0 radical (unpaired) electrons. The highest BCUT2D eigenvalue weighted by Gasteiger charge is 2.25. The van der Waals surface area contributed by atoms with Crippen LogP contribution in [0.25, 0.3) is 97.0 Å². The third kappa shape index (κ3) is 7.99. The molecule has 1 heterocycles. The molecule has 0 N–H and O–H groups in total. The predicted molar refractivity (Wildman–Crippen MR) is 323 cm³/mol. The molecule has 0 unspecified atom stereocenters. The van der Waals surface area contributed by atoms with Crippen LogP contribution in [0.2, 0.25) is 0 Å². The zero-order chi connectivity index (χ0) is 49.7. The lowest BCUT2D eigenvalue weighted by atomic mass is 9.93. The minimum absolute atomic E-state index is 1.07. The van der Waals surface area contributed by atoms with Gasteiger partial charge in [0, 0.05) is 53.7 Å². The summed E-state index contributed by atoms with van der Waals surface area (Å²) < 4.78 is 2.61. The fourth-order valence-corrected chi connectivity index (χ4v) is 12.4. The van der Waals surface area contributed by atoms with E-state index < -0.39 is 0 Å². The highest BCUT2D eigenvalue weighted by molar-refractivity contribution is 7.26. The summed E-state index contributed by atoms with van der Waals surface area (Å²) in [6.07, 6.45) is 0. The molecule has 2 nitrogen and oxygen atoms in total. The lowest BCUT2D eigenvalue weighted by Crippen LogP contribution is -2.14. The second kappa shape index (κ2) is 18.8. The molecule has 0 aliphatic heterocycles. The number of thiophene rings is 1. The number of fused-ring (bicyclic) bond motifs is 6. The van der Waals surface area contributed by atoms with Crippen molar-refractivity contribution in [2.45, 2.75) is 0 Å². The molecule has 0 atom stereocenters. The van der Waals surface area contributed by atoms with Crippen LogP contribution in [0.5, 0.6) is 0 Å². The Balaban J connectivity index is 0.945. The van der Waals surface area contributed by atoms with Crippen LogP contribution in [0.1, 0.15) is 0 Å². The molecule has 0 saturated carbocycles. The van der Waals surface area contributed by atoms with Crippen LogP contribution in [-0.2, 0) is 0 Å². The molecule has 0 aliphatic rings. The van der Waals surface area contributed by atoms with Crippen molar-refractivity contribution in [1.82, 2.24) is 0 Å². The number of rotatable bonds is 10. The first-order valence-electron chi connectivity index (χ1n) is 25.6. The monoisotopic (exact) mass is 972 g/mol. The van der Waals surface area contributed by atoms with E-state index in [1.54, 1.807) is 0 Å². The average molecular weight is 973 g/mol. The molecule has 0 fully saturated rings. The Labute approximate surface area is 440 Å². The quantitative estimate of drug-likeness (QED) is 0.135. The van der Waals surface area contributed by atoms with Gasteiger partial charge in [0.15, 0.2) is 0 Å². The zero-order valence-electron chi connectivity index (χ0n) is 41.0. The molecular weight excluding hydrogens is 925 g/mol. The molecule has 0 aliphatic carbocycles. The number of hydrogen-bond donors (Lipinski definition) is 0. The molecule has 1 aromatic heterocycles. The minimum Gasteiger partial charge on any atom is -0.310 e. The van der Waals surface area contributed by atoms with Crippen molar-refractivity contribution in [2.75, 3.05) is 9.80 Å². The van der Waals surface area contributed by atoms with Gasteiger partial charge >= 0.3 is 0 Å². The molecular formula is C72H48N2S. The Hall–Kier alpha value is -9.54. The highest BCUT2D eigenvalue weighted by Crippen LogP contribution is 2.50. The van der Waals surface area contributed by atoms with Gasteiger partial charge in [-0.05, 0) is 127 Å². The highest BCUT2D eigenvalue weighted by atomic mass is 32.1. The second-order valence-corrected chi connectivity index (χ2v) is 20.3. The van der Waals surface area contributed by atoms with Crippen LogP contribution in [0, 0.1) is 0 Å². The van der Waals surface area contributed by atoms with E-state index in [0.29, 0.717) is 0 Å². The van der Waals surface area contributed by atoms with Crippen molar-refractivity contribution in [3.05, 3.63) is 291 Å². The van der Waals surface area contributed by atoms with Gasteiger partial charge in [-0.25, -0.2) is 0 Å². The Morgan fingerprint density at radius 2 is 0.680 bits per heavy atom. The maximum Gasteiger partial charge on any atom is 0.0541 e. The van der Waals surface area contributed by atoms with Gasteiger partial charge in [0.1, 0.15) is 0 Å². The Morgan fingerprint density at radius 1 is 0.227 bits per heavy atom. The van der Waals surface area contributed by atoms with Gasteiger partial charge in [0.05, 0.1) is 17.1 Å². The van der Waals surface area contributed by atoms with Gasteiger partial charge in [0.25, 0.3) is 0 Å². The summed E-state index contributed by atoms with van der Waals surface area (Å²) in [5.74, 6) is 0. The van der Waals surface area contributed by atoms with Crippen molar-refractivity contribution in [3.8, 4) is 44.5 Å². The minimum atomic E-state index is 1.07. The third-order valence-electron chi connectivity index (χ3n) is 14.8. The Bertz CT molecular complexity index is 4420. The maximum absolute atomic E-state index is 2.49. The molecule has 0 bridgehead atoms. The van der Waals surface area contributed by atoms with E-state index in [2.05, 4.69) is 301 Å². The van der Waals surface area contributed by atoms with Gasteiger partial charge in [0.2, 0.25) is 0 Å². The molecule has 3 heteroatoms. The van der Waals surface area contributed by atoms with E-state index in [0.717, 1.165) is 45.3 Å². The number of anilines is 6. The van der Waals surface area contributed by atoms with Crippen LogP contribution in [0.3, 0.4) is 0 Å². The van der Waals surface area contributed by atoms with Crippen molar-refractivity contribution < 1.29 is 0 Å². The summed E-state index contributed by atoms with van der Waals surface area (Å²) in [6.45, 7) is 0. The summed E-state index contributed by atoms with van der Waals surface area (Å²) in [6, 6.07) is 107. The van der Waals surface area contributed by atoms with Gasteiger partial charge in [-0.15, -0.1) is 11.3 Å². The predicted octanol–water partition coefficient (Wildman–Crippen LogP) is 21.1. The molecule has 75 heavy (non-hydrogen) atoms. The van der Waals surface area contributed by atoms with Gasteiger partial charge in [-0.1, -0.05) is 224 Å². The van der Waals surface area contributed by atoms with Gasteiger partial charge < -0.3 is 9.80 Å². The first-order valence-corrected chi connectivity index (χ1v) is 26.5. The lowest BCUT2D eigenvalue weighted by molar-refractivity contribution is 1.28. The first-order chi connectivity index (χ1) is 37.2. The standard InChI is InChI=1S/C72H48N2S/c1-2-17-49(18-3-1)52-33-35-53(36-34-52)54-37-41-57(42-38-54)73(58-43-39-50-19-4-6-21-55(50)47-58)67-29-13-10-25-63(67)64-26-11-14-30-68(64)74(59-44-40-51-20-5-7-22-56(51)48-59)69-46-45-61(60-23-8-9-24-62(60)69)65-28-16-32-71-72(65)66-27-12-15-31-70(66)75-71/h1-48H. The van der Waals surface area contributed by atoms with E-state index >= 15 is 0 Å². The van der Waals surface area contributed by atoms with Crippen LogP contribution in [0.15, 0.2) is 291 Å². The van der Waals surface area contributed by atoms with Crippen molar-refractivity contribution in [3.63, 3.8) is 0 Å². The zero-order valence-corrected chi connectivity index (χ0v) is 41.8. The van der Waals surface area contributed by atoms with E-state index in [-0.39, 0.29) is 0 Å². The summed E-state index contributed by atoms with van der Waals surface area (Å²) in [5.41, 5.74) is 16.0. The smallest absolute Gasteiger partial charge is 0.0541 e. The number of para-hydroxylation sites is 2. The molecule has 14 aromatic rings. The topological polar surface area (TPSA) is 6.48 Å². The van der Waals surface area contributed by atoms with Crippen LogP contribution >= 0.6 is 11.3 Å². The lowest BCUT2D eigenvalue weighted by Gasteiger charge is -2.32. The third-order valence-corrected chi connectivity index (χ3v) is 16.0. The fourth-order valence-electron chi connectivity index (χ4n) is 11.3. The number of nitrogens with zero attached hydrogens (tertiary/aromatic N) is 2. The molecule has 0 amide bonds.